The minimum Gasteiger partial charge on any atom is -0.273 e. The Balaban J connectivity index is 2.26. The number of benzene rings is 1. The van der Waals surface area contributed by atoms with Gasteiger partial charge in [0.15, 0.2) is 0 Å². The molecule has 1 aromatic carbocycles. The Morgan fingerprint density at radius 1 is 1.50 bits per heavy atom. The number of halogens is 2. The van der Waals surface area contributed by atoms with Crippen LogP contribution in [-0.4, -0.2) is 23.2 Å². The van der Waals surface area contributed by atoms with Crippen LogP contribution < -0.4 is 0 Å². The molecule has 0 saturated carbocycles. The van der Waals surface area contributed by atoms with Crippen LogP contribution in [0.15, 0.2) is 36.0 Å². The molecule has 0 fully saturated rings. The predicted molar refractivity (Wildman–Crippen MR) is 76.9 cm³/mol. The molecule has 3 nitrogen and oxygen atoms in total. The molecule has 0 spiro atoms. The zero-order valence-corrected chi connectivity index (χ0v) is 11.5. The summed E-state index contributed by atoms with van der Waals surface area (Å²) in [5.41, 5.74) is 1.28. The fraction of sp³-hybridized carbons (Fsp3) is 0.200. The number of hydrogen-bond donors (Lipinski definition) is 0. The third-order valence-electron chi connectivity index (χ3n) is 2.79. The molecule has 102 valence electrons. The van der Waals surface area contributed by atoms with E-state index in [4.69, 9.17) is 11.6 Å². The topological polar surface area (TPSA) is 32.7 Å². The summed E-state index contributed by atoms with van der Waals surface area (Å²) in [5.74, 6) is 4.83. The molecule has 0 saturated heterocycles. The highest BCUT2D eigenvalue weighted by molar-refractivity contribution is 6.30. The summed E-state index contributed by atoms with van der Waals surface area (Å²) in [4.78, 5) is 11.7. The lowest BCUT2D eigenvalue weighted by Gasteiger charge is -2.21. The van der Waals surface area contributed by atoms with E-state index in [0.717, 1.165) is 0 Å². The second kappa shape index (κ2) is 6.36. The second-order valence-electron chi connectivity index (χ2n) is 4.15. The highest BCUT2D eigenvalue weighted by atomic mass is 35.5. The predicted octanol–water partition coefficient (Wildman–Crippen LogP) is 3.00. The number of amides is 1. The van der Waals surface area contributed by atoms with Gasteiger partial charge in [-0.05, 0) is 18.2 Å². The van der Waals surface area contributed by atoms with Gasteiger partial charge in [0.1, 0.15) is 12.4 Å². The first kappa shape index (κ1) is 14.3. The first-order chi connectivity index (χ1) is 9.61. The Labute approximate surface area is 121 Å². The molecule has 1 aromatic rings. The van der Waals surface area contributed by atoms with Crippen LogP contribution in [0.1, 0.15) is 18.4 Å². The molecule has 0 aliphatic carbocycles. The van der Waals surface area contributed by atoms with E-state index in [1.165, 1.54) is 23.2 Å². The van der Waals surface area contributed by atoms with Crippen LogP contribution in [0.2, 0.25) is 5.02 Å². The monoisotopic (exact) mass is 290 g/mol. The highest BCUT2D eigenvalue weighted by Crippen LogP contribution is 2.20. The van der Waals surface area contributed by atoms with Crippen LogP contribution >= 0.6 is 11.6 Å². The van der Waals surface area contributed by atoms with Gasteiger partial charge in [-0.15, -0.1) is 0 Å². The average Bonchev–Trinajstić information content (AvgIpc) is 2.44. The minimum absolute atomic E-state index is 0.0648. The zero-order valence-electron chi connectivity index (χ0n) is 10.7. The summed E-state index contributed by atoms with van der Waals surface area (Å²) >= 11 is 5.65. The zero-order chi connectivity index (χ0) is 14.5. The second-order valence-corrected chi connectivity index (χ2v) is 4.56. The van der Waals surface area contributed by atoms with Gasteiger partial charge >= 0.3 is 0 Å². The molecular formula is C15H12ClFN2O. The van der Waals surface area contributed by atoms with E-state index >= 15 is 0 Å². The van der Waals surface area contributed by atoms with E-state index < -0.39 is 5.82 Å². The van der Waals surface area contributed by atoms with Crippen LogP contribution in [0, 0.1) is 17.7 Å². The van der Waals surface area contributed by atoms with Crippen molar-refractivity contribution in [2.45, 2.75) is 12.8 Å². The van der Waals surface area contributed by atoms with E-state index in [1.807, 2.05) is 0 Å². The smallest absolute Gasteiger partial charge is 0.243 e. The maximum Gasteiger partial charge on any atom is 0.243 e. The molecular weight excluding hydrogens is 279 g/mol. The Morgan fingerprint density at radius 2 is 2.30 bits per heavy atom. The van der Waals surface area contributed by atoms with Gasteiger partial charge in [-0.3, -0.25) is 4.79 Å². The number of hydrogen-bond acceptors (Lipinski definition) is 2. The molecule has 1 heterocycles. The van der Waals surface area contributed by atoms with Crippen molar-refractivity contribution in [1.29, 1.82) is 0 Å². The van der Waals surface area contributed by atoms with Crippen LogP contribution in [0.3, 0.4) is 0 Å². The van der Waals surface area contributed by atoms with Crippen LogP contribution in [-0.2, 0) is 4.79 Å². The third-order valence-corrected chi connectivity index (χ3v) is 3.10. The van der Waals surface area contributed by atoms with Crippen LogP contribution in [0.25, 0.3) is 0 Å². The number of hydrazone groups is 1. The van der Waals surface area contributed by atoms with Crippen molar-refractivity contribution in [3.8, 4) is 11.8 Å². The molecule has 1 aliphatic rings. The lowest BCUT2D eigenvalue weighted by Crippen LogP contribution is -2.32. The third kappa shape index (κ3) is 3.25. The maximum absolute atomic E-state index is 13.5. The number of rotatable bonds is 2. The lowest BCUT2D eigenvalue weighted by atomic mass is 10.0. The normalized spacial score (nSPS) is 14.4. The standard InChI is InChI=1S/C15H12ClFN2O/c1-2-3-4-9-19-15(20)8-7-14(18-19)11-5-6-12(16)13(17)10-11/h2,5-6,10H,1,7-9H2. The Kier molecular flexibility index (Phi) is 4.54. The summed E-state index contributed by atoms with van der Waals surface area (Å²) in [6, 6.07) is 4.49. The van der Waals surface area contributed by atoms with Gasteiger partial charge in [-0.1, -0.05) is 36.1 Å². The quantitative estimate of drug-likeness (QED) is 0.771. The van der Waals surface area contributed by atoms with Crippen LogP contribution in [0.4, 0.5) is 4.39 Å². The average molecular weight is 291 g/mol. The van der Waals surface area contributed by atoms with Gasteiger partial charge in [-0.2, -0.15) is 5.10 Å². The van der Waals surface area contributed by atoms with Gasteiger partial charge in [0.25, 0.3) is 0 Å². The van der Waals surface area contributed by atoms with Crippen LogP contribution in [0.5, 0.6) is 0 Å². The molecule has 20 heavy (non-hydrogen) atoms. The van der Waals surface area contributed by atoms with Gasteiger partial charge in [0.2, 0.25) is 5.91 Å². The molecule has 1 aliphatic heterocycles. The van der Waals surface area contributed by atoms with E-state index in [2.05, 4.69) is 23.5 Å². The van der Waals surface area contributed by atoms with E-state index in [1.54, 1.807) is 6.07 Å². The van der Waals surface area contributed by atoms with Gasteiger partial charge < -0.3 is 0 Å². The summed E-state index contributed by atoms with van der Waals surface area (Å²) in [5, 5.41) is 5.59. The molecule has 5 heteroatoms. The Bertz CT molecular complexity index is 643. The van der Waals surface area contributed by atoms with Gasteiger partial charge in [0.05, 0.1) is 10.7 Å². The van der Waals surface area contributed by atoms with Gasteiger partial charge in [-0.25, -0.2) is 9.40 Å². The fourth-order valence-corrected chi connectivity index (χ4v) is 1.92. The summed E-state index contributed by atoms with van der Waals surface area (Å²) < 4.78 is 13.5. The van der Waals surface area contributed by atoms with Crippen molar-refractivity contribution < 1.29 is 9.18 Å². The van der Waals surface area contributed by atoms with Crippen molar-refractivity contribution in [3.05, 3.63) is 47.3 Å². The number of carbonyl (C=O) groups is 1. The SMILES string of the molecule is C=CC#CCN1N=C(c2ccc(Cl)c(F)c2)CCC1=O. The van der Waals surface area contributed by atoms with Crippen molar-refractivity contribution in [3.63, 3.8) is 0 Å². The molecule has 0 aromatic heterocycles. The van der Waals surface area contributed by atoms with E-state index in [0.29, 0.717) is 24.1 Å². The molecule has 0 unspecified atom stereocenters. The lowest BCUT2D eigenvalue weighted by molar-refractivity contribution is -0.131. The van der Waals surface area contributed by atoms with Crippen molar-refractivity contribution in [1.82, 2.24) is 5.01 Å². The van der Waals surface area contributed by atoms with Crippen molar-refractivity contribution >= 4 is 23.2 Å². The van der Waals surface area contributed by atoms with E-state index in [9.17, 15) is 9.18 Å². The number of carbonyl (C=O) groups excluding carboxylic acids is 1. The largest absolute Gasteiger partial charge is 0.273 e. The molecule has 0 N–H and O–H groups in total. The van der Waals surface area contributed by atoms with Crippen molar-refractivity contribution in [2.75, 3.05) is 6.54 Å². The first-order valence-electron chi connectivity index (χ1n) is 6.04. The highest BCUT2D eigenvalue weighted by Gasteiger charge is 2.20. The van der Waals surface area contributed by atoms with Gasteiger partial charge in [0, 0.05) is 18.4 Å². The summed E-state index contributed by atoms with van der Waals surface area (Å²) in [7, 11) is 0. The molecule has 0 atom stereocenters. The first-order valence-corrected chi connectivity index (χ1v) is 6.42. The molecule has 0 radical (unpaired) electrons. The summed E-state index contributed by atoms with van der Waals surface area (Å²) in [6.45, 7) is 3.67. The number of nitrogens with zero attached hydrogens (tertiary/aromatic N) is 2. The van der Waals surface area contributed by atoms with Crippen molar-refractivity contribution in [2.24, 2.45) is 5.10 Å². The molecule has 2 rings (SSSR count). The fourth-order valence-electron chi connectivity index (χ4n) is 1.80. The molecule has 1 amide bonds. The number of allylic oxidation sites excluding steroid dienone is 1. The Hall–Kier alpha value is -2.12. The summed E-state index contributed by atoms with van der Waals surface area (Å²) in [6.07, 6.45) is 2.26. The Morgan fingerprint density at radius 3 is 3.00 bits per heavy atom. The van der Waals surface area contributed by atoms with E-state index in [-0.39, 0.29) is 17.5 Å². The maximum atomic E-state index is 13.5. The minimum atomic E-state index is -0.498. The molecule has 0 bridgehead atoms.